The van der Waals surface area contributed by atoms with E-state index in [9.17, 15) is 4.79 Å². The Morgan fingerprint density at radius 1 is 1.25 bits per heavy atom. The van der Waals surface area contributed by atoms with Gasteiger partial charge < -0.3 is 4.57 Å². The first-order chi connectivity index (χ1) is 9.74. The van der Waals surface area contributed by atoms with Crippen molar-refractivity contribution in [2.45, 2.75) is 44.9 Å². The summed E-state index contributed by atoms with van der Waals surface area (Å²) in [6, 6.07) is 8.06. The molecule has 20 heavy (non-hydrogen) atoms. The molecule has 0 unspecified atom stereocenters. The third kappa shape index (κ3) is 2.77. The van der Waals surface area contributed by atoms with E-state index in [1.165, 1.54) is 32.1 Å². The number of ketones is 1. The lowest BCUT2D eigenvalue weighted by atomic mass is 9.85. The smallest absolute Gasteiger partial charge is 0.140 e. The first-order valence-corrected chi connectivity index (χ1v) is 7.66. The van der Waals surface area contributed by atoms with Gasteiger partial charge in [-0.2, -0.15) is 0 Å². The summed E-state index contributed by atoms with van der Waals surface area (Å²) in [6.45, 7) is 0. The summed E-state index contributed by atoms with van der Waals surface area (Å²) in [5.74, 6) is 1.85. The van der Waals surface area contributed by atoms with E-state index in [1.54, 1.807) is 0 Å². The maximum absolute atomic E-state index is 12.3. The van der Waals surface area contributed by atoms with Crippen LogP contribution in [-0.4, -0.2) is 15.3 Å². The van der Waals surface area contributed by atoms with Gasteiger partial charge in [-0.25, -0.2) is 4.98 Å². The number of rotatable bonds is 4. The molecular formula is C17H22N2O. The molecule has 0 aliphatic heterocycles. The minimum Gasteiger partial charge on any atom is -0.331 e. The Bertz CT molecular complexity index is 608. The number of para-hydroxylation sites is 2. The fraction of sp³-hybridized carbons (Fsp3) is 0.529. The maximum atomic E-state index is 12.3. The van der Waals surface area contributed by atoms with Crippen LogP contribution in [0.3, 0.4) is 0 Å². The van der Waals surface area contributed by atoms with Crippen LogP contribution in [0.4, 0.5) is 0 Å². The van der Waals surface area contributed by atoms with Crippen molar-refractivity contribution in [3.05, 3.63) is 30.1 Å². The summed E-state index contributed by atoms with van der Waals surface area (Å²) < 4.78 is 2.05. The minimum atomic E-state index is 0.343. The van der Waals surface area contributed by atoms with Crippen LogP contribution in [0.25, 0.3) is 11.0 Å². The number of benzene rings is 1. The van der Waals surface area contributed by atoms with E-state index in [0.717, 1.165) is 23.3 Å². The molecule has 0 N–H and O–H groups in total. The first kappa shape index (κ1) is 13.3. The standard InChI is InChI=1S/C17H22N2O/c1-19-16-10-6-5-9-15(16)18-17(19)12-14(20)11-13-7-3-2-4-8-13/h5-6,9-10,13H,2-4,7-8,11-12H2,1H3. The van der Waals surface area contributed by atoms with Crippen LogP contribution >= 0.6 is 0 Å². The summed E-state index contributed by atoms with van der Waals surface area (Å²) in [5, 5.41) is 0. The number of aryl methyl sites for hydroxylation is 1. The highest BCUT2D eigenvalue weighted by molar-refractivity contribution is 5.82. The van der Waals surface area contributed by atoms with E-state index < -0.39 is 0 Å². The van der Waals surface area contributed by atoms with Crippen molar-refractivity contribution in [2.75, 3.05) is 0 Å². The Kier molecular flexibility index (Phi) is 3.86. The molecule has 0 atom stereocenters. The predicted molar refractivity (Wildman–Crippen MR) is 80.6 cm³/mol. The summed E-state index contributed by atoms with van der Waals surface area (Å²) >= 11 is 0. The second-order valence-electron chi connectivity index (χ2n) is 6.00. The SMILES string of the molecule is Cn1c(CC(=O)CC2CCCCC2)nc2ccccc21. The van der Waals surface area contributed by atoms with Gasteiger partial charge in [-0.15, -0.1) is 0 Å². The molecule has 1 saturated carbocycles. The molecule has 106 valence electrons. The molecule has 0 bridgehead atoms. The number of imidazole rings is 1. The van der Waals surface area contributed by atoms with Crippen molar-refractivity contribution < 1.29 is 4.79 Å². The second-order valence-corrected chi connectivity index (χ2v) is 6.00. The third-order valence-electron chi connectivity index (χ3n) is 4.48. The molecular weight excluding hydrogens is 248 g/mol. The van der Waals surface area contributed by atoms with E-state index in [0.29, 0.717) is 18.1 Å². The largest absolute Gasteiger partial charge is 0.331 e. The van der Waals surface area contributed by atoms with Crippen molar-refractivity contribution in [3.63, 3.8) is 0 Å². The molecule has 0 radical (unpaired) electrons. The van der Waals surface area contributed by atoms with Gasteiger partial charge in [0, 0.05) is 13.5 Å². The number of nitrogens with zero attached hydrogens (tertiary/aromatic N) is 2. The fourth-order valence-electron chi connectivity index (χ4n) is 3.32. The molecule has 1 aromatic carbocycles. The Hall–Kier alpha value is -1.64. The molecule has 1 aromatic heterocycles. The quantitative estimate of drug-likeness (QED) is 0.850. The molecule has 1 aliphatic rings. The topological polar surface area (TPSA) is 34.9 Å². The minimum absolute atomic E-state index is 0.343. The van der Waals surface area contributed by atoms with Gasteiger partial charge in [-0.05, 0) is 18.1 Å². The van der Waals surface area contributed by atoms with Crippen LogP contribution in [0.1, 0.15) is 44.3 Å². The highest BCUT2D eigenvalue weighted by Gasteiger charge is 2.18. The normalized spacial score (nSPS) is 16.6. The lowest BCUT2D eigenvalue weighted by Gasteiger charge is -2.20. The van der Waals surface area contributed by atoms with E-state index >= 15 is 0 Å². The molecule has 1 heterocycles. The average Bonchev–Trinajstić information content (AvgIpc) is 2.77. The van der Waals surface area contributed by atoms with Gasteiger partial charge in [0.2, 0.25) is 0 Å². The van der Waals surface area contributed by atoms with Crippen molar-refractivity contribution in [3.8, 4) is 0 Å². The number of hydrogen-bond acceptors (Lipinski definition) is 2. The van der Waals surface area contributed by atoms with E-state index in [4.69, 9.17) is 0 Å². The zero-order chi connectivity index (χ0) is 13.9. The summed E-state index contributed by atoms with van der Waals surface area (Å²) in [7, 11) is 2.00. The number of aromatic nitrogens is 2. The Labute approximate surface area is 120 Å². The molecule has 3 rings (SSSR count). The number of carbonyl (C=O) groups is 1. The average molecular weight is 270 g/mol. The van der Waals surface area contributed by atoms with Crippen molar-refractivity contribution >= 4 is 16.8 Å². The first-order valence-electron chi connectivity index (χ1n) is 7.66. The molecule has 0 amide bonds. The highest BCUT2D eigenvalue weighted by Crippen LogP contribution is 2.27. The maximum Gasteiger partial charge on any atom is 0.140 e. The lowest BCUT2D eigenvalue weighted by molar-refractivity contribution is -0.119. The van der Waals surface area contributed by atoms with Crippen LogP contribution in [0.2, 0.25) is 0 Å². The van der Waals surface area contributed by atoms with Crippen LogP contribution < -0.4 is 0 Å². The second kappa shape index (κ2) is 5.78. The van der Waals surface area contributed by atoms with Gasteiger partial charge in [-0.3, -0.25) is 4.79 Å². The molecule has 2 aromatic rings. The van der Waals surface area contributed by atoms with Gasteiger partial charge in [-0.1, -0.05) is 44.2 Å². The lowest BCUT2D eigenvalue weighted by Crippen LogP contribution is -2.15. The van der Waals surface area contributed by atoms with Crippen LogP contribution in [0, 0.1) is 5.92 Å². The monoisotopic (exact) mass is 270 g/mol. The Balaban J connectivity index is 1.69. The van der Waals surface area contributed by atoms with Gasteiger partial charge in [0.25, 0.3) is 0 Å². The van der Waals surface area contributed by atoms with Crippen molar-refractivity contribution in [1.82, 2.24) is 9.55 Å². The summed E-state index contributed by atoms with van der Waals surface area (Å²) in [4.78, 5) is 16.8. The number of hydrogen-bond donors (Lipinski definition) is 0. The molecule has 3 heteroatoms. The number of carbonyl (C=O) groups excluding carboxylic acids is 1. The zero-order valence-electron chi connectivity index (χ0n) is 12.1. The van der Waals surface area contributed by atoms with Crippen molar-refractivity contribution in [1.29, 1.82) is 0 Å². The summed E-state index contributed by atoms with van der Waals surface area (Å²) in [6.07, 6.45) is 7.61. The molecule has 1 aliphatic carbocycles. The van der Waals surface area contributed by atoms with E-state index in [2.05, 4.69) is 11.1 Å². The van der Waals surface area contributed by atoms with Crippen LogP contribution in [0.5, 0.6) is 0 Å². The molecule has 1 fully saturated rings. The number of Topliss-reactive ketones (excluding diaryl/α,β-unsaturated/α-hetero) is 1. The van der Waals surface area contributed by atoms with Gasteiger partial charge >= 0.3 is 0 Å². The van der Waals surface area contributed by atoms with Crippen molar-refractivity contribution in [2.24, 2.45) is 13.0 Å². The molecule has 0 spiro atoms. The summed E-state index contributed by atoms with van der Waals surface area (Å²) in [5.41, 5.74) is 2.09. The highest BCUT2D eigenvalue weighted by atomic mass is 16.1. The van der Waals surface area contributed by atoms with Crippen LogP contribution in [0.15, 0.2) is 24.3 Å². The Morgan fingerprint density at radius 2 is 2.00 bits per heavy atom. The van der Waals surface area contributed by atoms with Gasteiger partial charge in [0.1, 0.15) is 11.6 Å². The van der Waals surface area contributed by atoms with Gasteiger partial charge in [0.15, 0.2) is 0 Å². The Morgan fingerprint density at radius 3 is 2.75 bits per heavy atom. The molecule has 0 saturated heterocycles. The van der Waals surface area contributed by atoms with E-state index in [1.807, 2.05) is 29.8 Å². The van der Waals surface area contributed by atoms with Gasteiger partial charge in [0.05, 0.1) is 17.5 Å². The van der Waals surface area contributed by atoms with Crippen LogP contribution in [-0.2, 0) is 18.3 Å². The van der Waals surface area contributed by atoms with E-state index in [-0.39, 0.29) is 0 Å². The fourth-order valence-corrected chi connectivity index (χ4v) is 3.32. The zero-order valence-corrected chi connectivity index (χ0v) is 12.1. The third-order valence-corrected chi connectivity index (χ3v) is 4.48. The number of fused-ring (bicyclic) bond motifs is 1. The molecule has 3 nitrogen and oxygen atoms in total. The predicted octanol–water partition coefficient (Wildman–Crippen LogP) is 3.66.